The molecule has 0 bridgehead atoms. The number of aliphatic hydroxyl groups is 1. The highest BCUT2D eigenvalue weighted by molar-refractivity contribution is 5.27. The van der Waals surface area contributed by atoms with Crippen LogP contribution in [0.15, 0.2) is 24.3 Å². The number of rotatable bonds is 4. The van der Waals surface area contributed by atoms with Crippen LogP contribution in [-0.2, 0) is 12.3 Å². The topological polar surface area (TPSA) is 20.2 Å². The fourth-order valence-electron chi connectivity index (χ4n) is 1.33. The molecule has 1 aromatic carbocycles. The number of benzene rings is 1. The first-order valence-electron chi connectivity index (χ1n) is 4.94. The van der Waals surface area contributed by atoms with Crippen LogP contribution in [0.4, 0.5) is 22.0 Å². The third kappa shape index (κ3) is 3.15. The summed E-state index contributed by atoms with van der Waals surface area (Å²) in [6.07, 6.45) is -4.71. The van der Waals surface area contributed by atoms with Gasteiger partial charge >= 0.3 is 12.1 Å². The predicted molar refractivity (Wildman–Crippen MR) is 51.8 cm³/mol. The Morgan fingerprint density at radius 3 is 1.88 bits per heavy atom. The minimum Gasteiger partial charge on any atom is -0.396 e. The molecule has 0 radical (unpaired) electrons. The number of halogens is 5. The van der Waals surface area contributed by atoms with Gasteiger partial charge in [0.25, 0.3) is 0 Å². The Kier molecular flexibility index (Phi) is 4.08. The van der Waals surface area contributed by atoms with E-state index in [1.807, 2.05) is 0 Å². The lowest BCUT2D eigenvalue weighted by atomic mass is 10.0. The maximum Gasteiger partial charge on any atom is 0.458 e. The molecular weight excluding hydrogens is 243 g/mol. The normalized spacial score (nSPS) is 12.8. The molecule has 17 heavy (non-hydrogen) atoms. The molecule has 6 heteroatoms. The van der Waals surface area contributed by atoms with Gasteiger partial charge in [-0.05, 0) is 18.4 Å². The van der Waals surface area contributed by atoms with Crippen molar-refractivity contribution >= 4 is 0 Å². The monoisotopic (exact) mass is 254 g/mol. The largest absolute Gasteiger partial charge is 0.458 e. The molecule has 1 rings (SSSR count). The average molecular weight is 254 g/mol. The number of aryl methyl sites for hydroxylation is 1. The summed E-state index contributed by atoms with van der Waals surface area (Å²) in [6, 6.07) is 3.95. The van der Waals surface area contributed by atoms with Gasteiger partial charge in [0.05, 0.1) is 0 Å². The van der Waals surface area contributed by atoms with Gasteiger partial charge < -0.3 is 5.11 Å². The van der Waals surface area contributed by atoms with Crippen LogP contribution in [-0.4, -0.2) is 17.9 Å². The maximum absolute atomic E-state index is 12.9. The molecule has 0 aliphatic rings. The lowest BCUT2D eigenvalue weighted by Crippen LogP contribution is -2.33. The van der Waals surface area contributed by atoms with E-state index in [1.165, 1.54) is 12.1 Å². The van der Waals surface area contributed by atoms with Gasteiger partial charge in [0.2, 0.25) is 0 Å². The predicted octanol–water partition coefficient (Wildman–Crippen LogP) is 3.27. The van der Waals surface area contributed by atoms with E-state index in [0.29, 0.717) is 18.4 Å². The maximum atomic E-state index is 12.9. The van der Waals surface area contributed by atoms with Crippen LogP contribution in [0.3, 0.4) is 0 Å². The van der Waals surface area contributed by atoms with E-state index in [1.54, 1.807) is 0 Å². The summed E-state index contributed by atoms with van der Waals surface area (Å²) >= 11 is 0. The van der Waals surface area contributed by atoms with Crippen molar-refractivity contribution < 1.29 is 27.1 Å². The summed E-state index contributed by atoms with van der Waals surface area (Å²) < 4.78 is 61.9. The van der Waals surface area contributed by atoms with E-state index in [0.717, 1.165) is 12.1 Å². The quantitative estimate of drug-likeness (QED) is 0.817. The zero-order chi connectivity index (χ0) is 13.1. The molecule has 0 heterocycles. The molecule has 0 spiro atoms. The van der Waals surface area contributed by atoms with Crippen molar-refractivity contribution in [1.29, 1.82) is 0 Å². The Morgan fingerprint density at radius 1 is 0.941 bits per heavy atom. The highest BCUT2D eigenvalue weighted by atomic mass is 19.4. The van der Waals surface area contributed by atoms with Gasteiger partial charge in [-0.2, -0.15) is 22.0 Å². The SMILES string of the molecule is OCCCc1ccc(C(F)(F)C(F)(F)F)cc1. The first-order chi connectivity index (χ1) is 7.79. The molecule has 1 N–H and O–H groups in total. The minimum atomic E-state index is -5.58. The second-order valence-electron chi connectivity index (χ2n) is 3.60. The summed E-state index contributed by atoms with van der Waals surface area (Å²) in [5.74, 6) is -4.83. The number of aliphatic hydroxyl groups excluding tert-OH is 1. The Bertz CT molecular complexity index is 355. The first-order valence-corrected chi connectivity index (χ1v) is 4.94. The Labute approximate surface area is 94.9 Å². The van der Waals surface area contributed by atoms with E-state index < -0.39 is 17.7 Å². The molecular formula is C11H11F5O. The zero-order valence-corrected chi connectivity index (χ0v) is 8.77. The van der Waals surface area contributed by atoms with E-state index in [-0.39, 0.29) is 6.61 Å². The van der Waals surface area contributed by atoms with Gasteiger partial charge in [0.15, 0.2) is 0 Å². The van der Waals surface area contributed by atoms with Gasteiger partial charge in [-0.1, -0.05) is 24.3 Å². The molecule has 96 valence electrons. The molecule has 0 fully saturated rings. The van der Waals surface area contributed by atoms with Crippen LogP contribution in [0.25, 0.3) is 0 Å². The zero-order valence-electron chi connectivity index (χ0n) is 8.77. The minimum absolute atomic E-state index is 0.0551. The van der Waals surface area contributed by atoms with Crippen LogP contribution >= 0.6 is 0 Å². The molecule has 0 amide bonds. The third-order valence-corrected chi connectivity index (χ3v) is 2.30. The summed E-state index contributed by atoms with van der Waals surface area (Å²) in [5.41, 5.74) is -0.460. The van der Waals surface area contributed by atoms with Crippen LogP contribution in [0.2, 0.25) is 0 Å². The first kappa shape index (κ1) is 13.9. The Morgan fingerprint density at radius 2 is 1.47 bits per heavy atom. The summed E-state index contributed by atoms with van der Waals surface area (Å²) in [5, 5.41) is 8.55. The lowest BCUT2D eigenvalue weighted by molar-refractivity contribution is -0.289. The summed E-state index contributed by atoms with van der Waals surface area (Å²) in [4.78, 5) is 0. The fourth-order valence-corrected chi connectivity index (χ4v) is 1.33. The standard InChI is InChI=1S/C11H11F5O/c12-10(13,11(14,15)16)9-5-3-8(4-6-9)2-1-7-17/h3-6,17H,1-2,7H2. The molecule has 0 aromatic heterocycles. The summed E-state index contributed by atoms with van der Waals surface area (Å²) in [6.45, 7) is -0.0551. The van der Waals surface area contributed by atoms with Gasteiger partial charge in [-0.15, -0.1) is 0 Å². The van der Waals surface area contributed by atoms with E-state index in [4.69, 9.17) is 5.11 Å². The van der Waals surface area contributed by atoms with Gasteiger partial charge in [-0.3, -0.25) is 0 Å². The molecule has 0 saturated carbocycles. The van der Waals surface area contributed by atoms with Crippen LogP contribution in [0.5, 0.6) is 0 Å². The smallest absolute Gasteiger partial charge is 0.396 e. The Hall–Kier alpha value is -1.17. The second-order valence-corrected chi connectivity index (χ2v) is 3.60. The second kappa shape index (κ2) is 5.00. The highest BCUT2D eigenvalue weighted by Gasteiger charge is 2.58. The van der Waals surface area contributed by atoms with Crippen LogP contribution in [0, 0.1) is 0 Å². The van der Waals surface area contributed by atoms with Crippen LogP contribution in [0.1, 0.15) is 17.5 Å². The van der Waals surface area contributed by atoms with E-state index in [9.17, 15) is 22.0 Å². The summed E-state index contributed by atoms with van der Waals surface area (Å²) in [7, 11) is 0. The molecule has 0 unspecified atom stereocenters. The van der Waals surface area contributed by atoms with Gasteiger partial charge in [0, 0.05) is 12.2 Å². The number of hydrogen-bond donors (Lipinski definition) is 1. The van der Waals surface area contributed by atoms with Crippen molar-refractivity contribution in [2.24, 2.45) is 0 Å². The van der Waals surface area contributed by atoms with E-state index >= 15 is 0 Å². The van der Waals surface area contributed by atoms with Crippen molar-refractivity contribution in [2.45, 2.75) is 24.9 Å². The van der Waals surface area contributed by atoms with Crippen molar-refractivity contribution in [2.75, 3.05) is 6.61 Å². The number of alkyl halides is 5. The molecule has 0 aliphatic carbocycles. The molecule has 1 aromatic rings. The molecule has 0 atom stereocenters. The third-order valence-electron chi connectivity index (χ3n) is 2.30. The Balaban J connectivity index is 2.87. The van der Waals surface area contributed by atoms with Gasteiger partial charge in [-0.25, -0.2) is 0 Å². The van der Waals surface area contributed by atoms with Gasteiger partial charge in [0.1, 0.15) is 0 Å². The molecule has 0 aliphatic heterocycles. The lowest BCUT2D eigenvalue weighted by Gasteiger charge is -2.19. The molecule has 0 saturated heterocycles. The van der Waals surface area contributed by atoms with E-state index in [2.05, 4.69) is 0 Å². The van der Waals surface area contributed by atoms with Crippen LogP contribution < -0.4 is 0 Å². The highest BCUT2D eigenvalue weighted by Crippen LogP contribution is 2.43. The average Bonchev–Trinajstić information content (AvgIpc) is 2.25. The van der Waals surface area contributed by atoms with Crippen molar-refractivity contribution in [3.63, 3.8) is 0 Å². The fraction of sp³-hybridized carbons (Fsp3) is 0.455. The molecule has 1 nitrogen and oxygen atoms in total. The van der Waals surface area contributed by atoms with Crippen molar-refractivity contribution in [3.05, 3.63) is 35.4 Å². The van der Waals surface area contributed by atoms with Crippen molar-refractivity contribution in [1.82, 2.24) is 0 Å². The van der Waals surface area contributed by atoms with Crippen molar-refractivity contribution in [3.8, 4) is 0 Å². The number of hydrogen-bond acceptors (Lipinski definition) is 1.